The van der Waals surface area contributed by atoms with E-state index in [4.69, 9.17) is 0 Å². The lowest BCUT2D eigenvalue weighted by molar-refractivity contribution is 0.534. The molecule has 1 aliphatic rings. The molecule has 21 heavy (non-hydrogen) atoms. The Balaban J connectivity index is 1.64. The van der Waals surface area contributed by atoms with Crippen LogP contribution in [0, 0.1) is 6.92 Å². The van der Waals surface area contributed by atoms with Gasteiger partial charge in [-0.25, -0.2) is 0 Å². The predicted molar refractivity (Wildman–Crippen MR) is 92.9 cm³/mol. The Hall–Kier alpha value is -1.06. The molecule has 3 rings (SSSR count). The van der Waals surface area contributed by atoms with E-state index in [1.165, 1.54) is 36.6 Å². The molecule has 1 aromatic heterocycles. The molecular formula is C18H24N2S. The molecule has 1 fully saturated rings. The molecule has 0 aliphatic heterocycles. The third-order valence-electron chi connectivity index (χ3n) is 4.62. The lowest BCUT2D eigenvalue weighted by Crippen LogP contribution is -2.34. The number of hydrogen-bond acceptors (Lipinski definition) is 3. The standard InChI is InChI=1S/C18H24N2S/c1-14-5-7-16-11-15(6-8-17(16)20-14)12-19-13-18(21-2)9-3-4-10-18/h5-8,11,19H,3-4,9-10,12-13H2,1-2H3. The number of fused-ring (bicyclic) bond motifs is 1. The predicted octanol–water partition coefficient (Wildman–Crippen LogP) is 4.31. The number of benzene rings is 1. The van der Waals surface area contributed by atoms with Gasteiger partial charge in [0.15, 0.2) is 0 Å². The number of pyridine rings is 1. The molecule has 1 N–H and O–H groups in total. The second kappa shape index (κ2) is 6.37. The minimum absolute atomic E-state index is 0.482. The number of hydrogen-bond donors (Lipinski definition) is 1. The Kier molecular flexibility index (Phi) is 4.51. The quantitative estimate of drug-likeness (QED) is 0.890. The zero-order chi connectivity index (χ0) is 14.7. The maximum absolute atomic E-state index is 4.56. The van der Waals surface area contributed by atoms with Crippen LogP contribution >= 0.6 is 11.8 Å². The van der Waals surface area contributed by atoms with E-state index < -0.39 is 0 Å². The number of rotatable bonds is 5. The lowest BCUT2D eigenvalue weighted by atomic mass is 10.1. The monoisotopic (exact) mass is 300 g/mol. The van der Waals surface area contributed by atoms with Crippen LogP contribution in [0.25, 0.3) is 10.9 Å². The smallest absolute Gasteiger partial charge is 0.0705 e. The normalized spacial score (nSPS) is 17.4. The molecule has 3 heteroatoms. The highest BCUT2D eigenvalue weighted by Gasteiger charge is 2.32. The van der Waals surface area contributed by atoms with E-state index in [1.807, 2.05) is 18.7 Å². The summed E-state index contributed by atoms with van der Waals surface area (Å²) < 4.78 is 0.482. The van der Waals surface area contributed by atoms with Crippen LogP contribution < -0.4 is 5.32 Å². The molecule has 2 nitrogen and oxygen atoms in total. The fraction of sp³-hybridized carbons (Fsp3) is 0.500. The average Bonchev–Trinajstić information content (AvgIpc) is 2.97. The van der Waals surface area contributed by atoms with Crippen molar-refractivity contribution in [3.05, 3.63) is 41.6 Å². The summed E-state index contributed by atoms with van der Waals surface area (Å²) in [5, 5.41) is 4.91. The van der Waals surface area contributed by atoms with Gasteiger partial charge in [-0.05, 0) is 49.8 Å². The molecule has 0 unspecified atom stereocenters. The van der Waals surface area contributed by atoms with Crippen molar-refractivity contribution in [2.75, 3.05) is 12.8 Å². The van der Waals surface area contributed by atoms with Gasteiger partial charge in [-0.15, -0.1) is 0 Å². The third-order valence-corrected chi connectivity index (χ3v) is 6.04. The highest BCUT2D eigenvalue weighted by atomic mass is 32.2. The van der Waals surface area contributed by atoms with Crippen LogP contribution in [0.2, 0.25) is 0 Å². The second-order valence-corrected chi connectivity index (χ2v) is 7.45. The van der Waals surface area contributed by atoms with Crippen molar-refractivity contribution in [2.24, 2.45) is 0 Å². The summed E-state index contributed by atoms with van der Waals surface area (Å²) in [5.74, 6) is 0. The molecule has 2 aromatic rings. The van der Waals surface area contributed by atoms with E-state index in [-0.39, 0.29) is 0 Å². The Morgan fingerprint density at radius 2 is 2.00 bits per heavy atom. The molecule has 1 saturated carbocycles. The van der Waals surface area contributed by atoms with Crippen LogP contribution in [0.3, 0.4) is 0 Å². The first-order chi connectivity index (χ1) is 10.2. The lowest BCUT2D eigenvalue weighted by Gasteiger charge is -2.27. The van der Waals surface area contributed by atoms with Crippen LogP contribution in [0.15, 0.2) is 30.3 Å². The van der Waals surface area contributed by atoms with E-state index in [0.717, 1.165) is 24.3 Å². The summed E-state index contributed by atoms with van der Waals surface area (Å²) in [6, 6.07) is 10.8. The highest BCUT2D eigenvalue weighted by molar-refractivity contribution is 8.00. The zero-order valence-electron chi connectivity index (χ0n) is 13.0. The molecule has 0 amide bonds. The van der Waals surface area contributed by atoms with Gasteiger partial charge in [0.05, 0.1) is 5.52 Å². The number of thioether (sulfide) groups is 1. The average molecular weight is 300 g/mol. The minimum atomic E-state index is 0.482. The van der Waals surface area contributed by atoms with Crippen LogP contribution in [-0.2, 0) is 6.54 Å². The Labute approximate surface area is 131 Å². The first-order valence-electron chi connectivity index (χ1n) is 7.83. The Bertz CT molecular complexity index is 618. The zero-order valence-corrected chi connectivity index (χ0v) is 13.8. The number of nitrogens with zero attached hydrogens (tertiary/aromatic N) is 1. The van der Waals surface area contributed by atoms with Gasteiger partial charge in [0.1, 0.15) is 0 Å². The van der Waals surface area contributed by atoms with Gasteiger partial charge in [0, 0.05) is 28.9 Å². The maximum atomic E-state index is 4.56. The van der Waals surface area contributed by atoms with Gasteiger partial charge in [0.25, 0.3) is 0 Å². The minimum Gasteiger partial charge on any atom is -0.311 e. The second-order valence-electron chi connectivity index (χ2n) is 6.18. The van der Waals surface area contributed by atoms with Gasteiger partial charge in [-0.2, -0.15) is 11.8 Å². The molecule has 0 atom stereocenters. The fourth-order valence-electron chi connectivity index (χ4n) is 3.29. The molecule has 0 radical (unpaired) electrons. The number of aryl methyl sites for hydroxylation is 1. The van der Waals surface area contributed by atoms with E-state index in [0.29, 0.717) is 4.75 Å². The van der Waals surface area contributed by atoms with Crippen LogP contribution in [0.1, 0.15) is 36.9 Å². The van der Waals surface area contributed by atoms with Gasteiger partial charge in [-0.3, -0.25) is 4.98 Å². The van der Waals surface area contributed by atoms with Crippen LogP contribution in [0.4, 0.5) is 0 Å². The van der Waals surface area contributed by atoms with E-state index >= 15 is 0 Å². The fourth-order valence-corrected chi connectivity index (χ4v) is 4.24. The number of nitrogens with one attached hydrogen (secondary N) is 1. The van der Waals surface area contributed by atoms with E-state index in [9.17, 15) is 0 Å². The van der Waals surface area contributed by atoms with Crippen molar-refractivity contribution in [1.82, 2.24) is 10.3 Å². The van der Waals surface area contributed by atoms with Gasteiger partial charge < -0.3 is 5.32 Å². The summed E-state index contributed by atoms with van der Waals surface area (Å²) in [6.45, 7) is 4.11. The van der Waals surface area contributed by atoms with Gasteiger partial charge in [0.2, 0.25) is 0 Å². The highest BCUT2D eigenvalue weighted by Crippen LogP contribution is 2.39. The van der Waals surface area contributed by atoms with Crippen molar-refractivity contribution >= 4 is 22.7 Å². The molecule has 0 bridgehead atoms. The molecule has 1 aromatic carbocycles. The summed E-state index contributed by atoms with van der Waals surface area (Å²) in [6.07, 6.45) is 7.77. The van der Waals surface area contributed by atoms with E-state index in [2.05, 4.69) is 46.9 Å². The van der Waals surface area contributed by atoms with E-state index in [1.54, 1.807) is 0 Å². The molecule has 0 spiro atoms. The van der Waals surface area contributed by atoms with Gasteiger partial charge >= 0.3 is 0 Å². The molecule has 1 aliphatic carbocycles. The first-order valence-corrected chi connectivity index (χ1v) is 9.05. The molecule has 112 valence electrons. The van der Waals surface area contributed by atoms with Crippen molar-refractivity contribution < 1.29 is 0 Å². The summed E-state index contributed by atoms with van der Waals surface area (Å²) in [7, 11) is 0. The van der Waals surface area contributed by atoms with Crippen LogP contribution in [0.5, 0.6) is 0 Å². The molecule has 1 heterocycles. The third kappa shape index (κ3) is 3.41. The van der Waals surface area contributed by atoms with Crippen molar-refractivity contribution in [3.8, 4) is 0 Å². The van der Waals surface area contributed by atoms with Crippen molar-refractivity contribution in [3.63, 3.8) is 0 Å². The van der Waals surface area contributed by atoms with Crippen molar-refractivity contribution in [1.29, 1.82) is 0 Å². The first kappa shape index (κ1) is 14.9. The van der Waals surface area contributed by atoms with Gasteiger partial charge in [-0.1, -0.05) is 25.0 Å². The maximum Gasteiger partial charge on any atom is 0.0705 e. The SMILES string of the molecule is CSC1(CNCc2ccc3nc(C)ccc3c2)CCCC1. The Morgan fingerprint density at radius 3 is 2.76 bits per heavy atom. The topological polar surface area (TPSA) is 24.9 Å². The largest absolute Gasteiger partial charge is 0.311 e. The summed E-state index contributed by atoms with van der Waals surface area (Å²) in [5.41, 5.74) is 3.52. The molecular weight excluding hydrogens is 276 g/mol. The molecule has 0 saturated heterocycles. The Morgan fingerprint density at radius 1 is 1.19 bits per heavy atom. The van der Waals surface area contributed by atoms with Crippen molar-refractivity contribution in [2.45, 2.75) is 43.9 Å². The summed E-state index contributed by atoms with van der Waals surface area (Å²) >= 11 is 2.05. The van der Waals surface area contributed by atoms with Crippen LogP contribution in [-0.4, -0.2) is 22.5 Å². The summed E-state index contributed by atoms with van der Waals surface area (Å²) in [4.78, 5) is 4.56. The number of aromatic nitrogens is 1.